The van der Waals surface area contributed by atoms with Crippen LogP contribution < -0.4 is 5.73 Å². The first-order valence-electron chi connectivity index (χ1n) is 5.87. The van der Waals surface area contributed by atoms with Crippen LogP contribution in [0.4, 0.5) is 13.2 Å². The number of nitrogens with zero attached hydrogens (tertiary/aromatic N) is 3. The van der Waals surface area contributed by atoms with Crippen LogP contribution in [0.2, 0.25) is 0 Å². The van der Waals surface area contributed by atoms with Crippen LogP contribution >= 0.6 is 0 Å². The zero-order chi connectivity index (χ0) is 18.0. The molecule has 1 rings (SSSR count). The third-order valence-corrected chi connectivity index (χ3v) is 2.27. The van der Waals surface area contributed by atoms with E-state index in [-0.39, 0.29) is 6.54 Å². The Kier molecular flexibility index (Phi) is 8.16. The highest BCUT2D eigenvalue weighted by Crippen LogP contribution is 2.13. The number of carbonyl (C=O) groups is 2. The number of hydrogen-bond acceptors (Lipinski definition) is 5. The Morgan fingerprint density at radius 3 is 2.26 bits per heavy atom. The summed E-state index contributed by atoms with van der Waals surface area (Å²) in [7, 11) is 1.31. The van der Waals surface area contributed by atoms with Gasteiger partial charge in [0, 0.05) is 11.5 Å². The Balaban J connectivity index is 0.000000585. The molecular weight excluding hydrogens is 321 g/mol. The maximum absolute atomic E-state index is 11.3. The van der Waals surface area contributed by atoms with Gasteiger partial charge in [-0.1, -0.05) is 11.2 Å². The number of ether oxygens (including phenoxy) is 1. The second-order valence-corrected chi connectivity index (χ2v) is 3.93. The van der Waals surface area contributed by atoms with Crippen LogP contribution in [0.1, 0.15) is 21.5 Å². The highest BCUT2D eigenvalue weighted by molar-refractivity contribution is 5.89. The maximum Gasteiger partial charge on any atom is 0.490 e. The SMILES string of the molecule is COC(=O)c1cc(CN)cc(CN=[N+]=[N-])c1.O=C(O)C(F)(F)F. The van der Waals surface area contributed by atoms with Gasteiger partial charge >= 0.3 is 18.1 Å². The fourth-order valence-electron chi connectivity index (χ4n) is 1.32. The number of esters is 1. The lowest BCUT2D eigenvalue weighted by molar-refractivity contribution is -0.192. The van der Waals surface area contributed by atoms with Crippen molar-refractivity contribution in [3.8, 4) is 0 Å². The van der Waals surface area contributed by atoms with Crippen molar-refractivity contribution in [1.82, 2.24) is 0 Å². The third-order valence-electron chi connectivity index (χ3n) is 2.27. The average Bonchev–Trinajstić information content (AvgIpc) is 2.51. The largest absolute Gasteiger partial charge is 0.490 e. The monoisotopic (exact) mass is 334 g/mol. The molecule has 1 aromatic rings. The minimum atomic E-state index is -5.08. The Bertz CT molecular complexity index is 613. The molecule has 0 saturated carbocycles. The lowest BCUT2D eigenvalue weighted by Crippen LogP contribution is -2.21. The second-order valence-electron chi connectivity index (χ2n) is 3.93. The normalized spacial score (nSPS) is 9.96. The van der Waals surface area contributed by atoms with Gasteiger partial charge in [-0.25, -0.2) is 9.59 Å². The molecule has 0 unspecified atom stereocenters. The van der Waals surface area contributed by atoms with Crippen molar-refractivity contribution in [2.75, 3.05) is 7.11 Å². The zero-order valence-corrected chi connectivity index (χ0v) is 11.9. The zero-order valence-electron chi connectivity index (χ0n) is 11.9. The summed E-state index contributed by atoms with van der Waals surface area (Å²) in [6.45, 7) is 0.502. The first-order valence-corrected chi connectivity index (χ1v) is 5.87. The van der Waals surface area contributed by atoms with E-state index in [1.54, 1.807) is 18.2 Å². The van der Waals surface area contributed by atoms with E-state index in [0.717, 1.165) is 11.1 Å². The first kappa shape index (κ1) is 20.2. The van der Waals surface area contributed by atoms with Gasteiger partial charge in [-0.05, 0) is 28.8 Å². The van der Waals surface area contributed by atoms with E-state index >= 15 is 0 Å². The van der Waals surface area contributed by atoms with Crippen LogP contribution in [0.25, 0.3) is 10.4 Å². The summed E-state index contributed by atoms with van der Waals surface area (Å²) in [4.78, 5) is 22.9. The highest BCUT2D eigenvalue weighted by Gasteiger charge is 2.38. The predicted molar refractivity (Wildman–Crippen MR) is 72.2 cm³/mol. The van der Waals surface area contributed by atoms with E-state index in [1.807, 2.05) is 0 Å². The number of alkyl halides is 3. The summed E-state index contributed by atoms with van der Waals surface area (Å²) in [5.74, 6) is -3.19. The number of carboxylic acids is 1. The molecule has 0 aliphatic heterocycles. The van der Waals surface area contributed by atoms with Gasteiger partial charge in [0.25, 0.3) is 0 Å². The fourth-order valence-corrected chi connectivity index (χ4v) is 1.32. The number of carbonyl (C=O) groups excluding carboxylic acids is 1. The molecule has 8 nitrogen and oxygen atoms in total. The summed E-state index contributed by atoms with van der Waals surface area (Å²) < 4.78 is 36.3. The minimum Gasteiger partial charge on any atom is -0.475 e. The molecule has 0 bridgehead atoms. The lowest BCUT2D eigenvalue weighted by Gasteiger charge is -2.05. The van der Waals surface area contributed by atoms with Crippen LogP contribution in [0, 0.1) is 0 Å². The van der Waals surface area contributed by atoms with Gasteiger partial charge in [-0.15, -0.1) is 0 Å². The van der Waals surface area contributed by atoms with E-state index in [1.165, 1.54) is 7.11 Å². The number of rotatable bonds is 4. The third kappa shape index (κ3) is 7.69. The quantitative estimate of drug-likeness (QED) is 0.377. The molecule has 0 radical (unpaired) electrons. The summed E-state index contributed by atoms with van der Waals surface area (Å²) in [6.07, 6.45) is -5.08. The molecule has 0 aliphatic rings. The number of methoxy groups -OCH3 is 1. The van der Waals surface area contributed by atoms with Crippen LogP contribution in [-0.2, 0) is 22.6 Å². The Hall–Kier alpha value is -2.78. The van der Waals surface area contributed by atoms with Gasteiger partial charge in [0.05, 0.1) is 19.2 Å². The molecule has 0 amide bonds. The standard InChI is InChI=1S/C10H12N4O2.C2HF3O2/c1-16-10(15)9-3-7(5-11)2-8(4-9)6-13-14-12;3-2(4,5)1(6)7/h2-4H,5-6,11H2,1H3;(H,6,7). The number of carboxylic acid groups (broad SMARTS) is 1. The maximum atomic E-state index is 11.3. The van der Waals surface area contributed by atoms with E-state index < -0.39 is 18.1 Å². The first-order chi connectivity index (χ1) is 10.6. The molecule has 0 saturated heterocycles. The molecule has 0 aliphatic carbocycles. The summed E-state index contributed by atoms with van der Waals surface area (Å²) in [6, 6.07) is 5.08. The van der Waals surface area contributed by atoms with Crippen LogP contribution in [-0.4, -0.2) is 30.3 Å². The molecule has 11 heteroatoms. The van der Waals surface area contributed by atoms with E-state index in [0.29, 0.717) is 12.1 Å². The Labute approximate surface area is 128 Å². The summed E-state index contributed by atoms with van der Waals surface area (Å²) in [5, 5.41) is 10.6. The van der Waals surface area contributed by atoms with Crippen molar-refractivity contribution in [2.24, 2.45) is 10.8 Å². The number of benzene rings is 1. The van der Waals surface area contributed by atoms with Crippen molar-refractivity contribution in [2.45, 2.75) is 19.3 Å². The van der Waals surface area contributed by atoms with Crippen LogP contribution in [0.5, 0.6) is 0 Å². The molecule has 0 aromatic heterocycles. The Morgan fingerprint density at radius 2 is 1.87 bits per heavy atom. The number of aliphatic carboxylic acids is 1. The minimum absolute atomic E-state index is 0.189. The number of nitrogens with two attached hydrogens (primary N) is 1. The highest BCUT2D eigenvalue weighted by atomic mass is 19.4. The molecule has 126 valence electrons. The van der Waals surface area contributed by atoms with Gasteiger partial charge in [0.15, 0.2) is 0 Å². The van der Waals surface area contributed by atoms with Crippen molar-refractivity contribution in [3.63, 3.8) is 0 Å². The molecule has 3 N–H and O–H groups in total. The van der Waals surface area contributed by atoms with Crippen molar-refractivity contribution in [1.29, 1.82) is 0 Å². The van der Waals surface area contributed by atoms with Gasteiger partial charge in [0.2, 0.25) is 0 Å². The topological polar surface area (TPSA) is 138 Å². The fraction of sp³-hybridized carbons (Fsp3) is 0.333. The molecule has 0 fully saturated rings. The molecule has 0 spiro atoms. The van der Waals surface area contributed by atoms with E-state index in [4.69, 9.17) is 21.2 Å². The summed E-state index contributed by atoms with van der Waals surface area (Å²) in [5.41, 5.74) is 15.7. The molecule has 0 heterocycles. The molecular formula is C12H13F3N4O4. The number of azide groups is 1. The smallest absolute Gasteiger partial charge is 0.475 e. The van der Waals surface area contributed by atoms with Crippen LogP contribution in [0.3, 0.4) is 0 Å². The average molecular weight is 334 g/mol. The second kappa shape index (κ2) is 9.28. The number of halogens is 3. The van der Waals surface area contributed by atoms with Gasteiger partial charge in [0.1, 0.15) is 0 Å². The van der Waals surface area contributed by atoms with Crippen molar-refractivity contribution in [3.05, 3.63) is 45.3 Å². The van der Waals surface area contributed by atoms with E-state index in [2.05, 4.69) is 14.8 Å². The Morgan fingerprint density at radius 1 is 1.35 bits per heavy atom. The van der Waals surface area contributed by atoms with Gasteiger partial charge < -0.3 is 15.6 Å². The van der Waals surface area contributed by atoms with Gasteiger partial charge in [-0.2, -0.15) is 13.2 Å². The van der Waals surface area contributed by atoms with Crippen molar-refractivity contribution < 1.29 is 32.6 Å². The molecule has 1 aromatic carbocycles. The number of hydrogen-bond donors (Lipinski definition) is 2. The predicted octanol–water partition coefficient (Wildman–Crippen LogP) is 2.38. The lowest BCUT2D eigenvalue weighted by atomic mass is 10.1. The van der Waals surface area contributed by atoms with Crippen LogP contribution in [0.15, 0.2) is 23.3 Å². The van der Waals surface area contributed by atoms with E-state index in [9.17, 15) is 18.0 Å². The molecule has 0 atom stereocenters. The van der Waals surface area contributed by atoms with Crippen molar-refractivity contribution >= 4 is 11.9 Å². The van der Waals surface area contributed by atoms with Gasteiger partial charge in [-0.3, -0.25) is 0 Å². The summed E-state index contributed by atoms with van der Waals surface area (Å²) >= 11 is 0. The molecule has 23 heavy (non-hydrogen) atoms.